The molecule has 0 aromatic heterocycles. The molecule has 164 valence electrons. The largest absolute Gasteiger partial charge is 0.444 e. The van der Waals surface area contributed by atoms with Gasteiger partial charge in [-0.3, -0.25) is 10.1 Å². The number of benzene rings is 1. The summed E-state index contributed by atoms with van der Waals surface area (Å²) >= 11 is 0. The van der Waals surface area contributed by atoms with Gasteiger partial charge >= 0.3 is 6.09 Å². The van der Waals surface area contributed by atoms with Crippen LogP contribution in [-0.2, 0) is 9.53 Å². The Labute approximate surface area is 173 Å². The van der Waals surface area contributed by atoms with Gasteiger partial charge in [-0.25, -0.2) is 4.79 Å². The second-order valence-electron chi connectivity index (χ2n) is 8.06. The average Bonchev–Trinajstić information content (AvgIpc) is 2.64. The Morgan fingerprint density at radius 1 is 1.10 bits per heavy atom. The van der Waals surface area contributed by atoms with Crippen LogP contribution in [0.15, 0.2) is 30.3 Å². The van der Waals surface area contributed by atoms with E-state index in [1.807, 2.05) is 44.2 Å². The van der Waals surface area contributed by atoms with Crippen LogP contribution in [0.3, 0.4) is 0 Å². The molecule has 0 spiro atoms. The zero-order valence-electron chi connectivity index (χ0n) is 17.9. The van der Waals surface area contributed by atoms with Crippen LogP contribution in [-0.4, -0.2) is 52.7 Å². The van der Waals surface area contributed by atoms with Gasteiger partial charge in [-0.1, -0.05) is 43.7 Å². The maximum Gasteiger partial charge on any atom is 0.407 e. The van der Waals surface area contributed by atoms with E-state index in [0.717, 1.165) is 5.56 Å². The van der Waals surface area contributed by atoms with Gasteiger partial charge in [0.25, 0.3) is 0 Å². The van der Waals surface area contributed by atoms with Crippen LogP contribution in [0.4, 0.5) is 4.79 Å². The lowest BCUT2D eigenvalue weighted by Gasteiger charge is -2.29. The van der Waals surface area contributed by atoms with E-state index in [9.17, 15) is 19.8 Å². The Morgan fingerprint density at radius 2 is 1.72 bits per heavy atom. The Hall–Kier alpha value is -2.16. The SMILES string of the molecule is CCCC(NC(=O)OC(C)(C)C)C(O)[C@H](O)NCC(=O)N[C@H](C)c1ccccc1. The molecule has 0 bridgehead atoms. The van der Waals surface area contributed by atoms with Crippen molar-refractivity contribution in [2.75, 3.05) is 6.54 Å². The van der Waals surface area contributed by atoms with Crippen LogP contribution in [0.1, 0.15) is 59.1 Å². The van der Waals surface area contributed by atoms with Gasteiger partial charge in [0.1, 0.15) is 17.9 Å². The number of carbonyl (C=O) groups excluding carboxylic acids is 2. The van der Waals surface area contributed by atoms with E-state index in [-0.39, 0.29) is 18.5 Å². The number of rotatable bonds is 10. The maximum atomic E-state index is 12.1. The van der Waals surface area contributed by atoms with E-state index in [2.05, 4.69) is 16.0 Å². The molecular weight excluding hydrogens is 374 g/mol. The van der Waals surface area contributed by atoms with Crippen molar-refractivity contribution in [3.05, 3.63) is 35.9 Å². The van der Waals surface area contributed by atoms with Gasteiger partial charge in [0.05, 0.1) is 18.6 Å². The van der Waals surface area contributed by atoms with Crippen LogP contribution in [0, 0.1) is 0 Å². The van der Waals surface area contributed by atoms with Gasteiger partial charge in [0.2, 0.25) is 5.91 Å². The number of carbonyl (C=O) groups is 2. The van der Waals surface area contributed by atoms with Crippen molar-refractivity contribution in [3.8, 4) is 0 Å². The molecule has 8 heteroatoms. The van der Waals surface area contributed by atoms with Gasteiger partial charge < -0.3 is 25.6 Å². The topological polar surface area (TPSA) is 120 Å². The van der Waals surface area contributed by atoms with Crippen molar-refractivity contribution in [1.29, 1.82) is 0 Å². The number of aliphatic hydroxyl groups is 2. The summed E-state index contributed by atoms with van der Waals surface area (Å²) in [5, 5.41) is 28.6. The fraction of sp³-hybridized carbons (Fsp3) is 0.619. The molecule has 1 aromatic rings. The lowest BCUT2D eigenvalue weighted by atomic mass is 10.0. The summed E-state index contributed by atoms with van der Waals surface area (Å²) in [6.45, 7) is 8.80. The van der Waals surface area contributed by atoms with Crippen molar-refractivity contribution in [2.45, 2.75) is 77.5 Å². The van der Waals surface area contributed by atoms with Gasteiger partial charge in [0.15, 0.2) is 0 Å². The zero-order chi connectivity index (χ0) is 22.0. The highest BCUT2D eigenvalue weighted by atomic mass is 16.6. The smallest absolute Gasteiger partial charge is 0.407 e. The number of ether oxygens (including phenoxy) is 1. The van der Waals surface area contributed by atoms with E-state index in [0.29, 0.717) is 12.8 Å². The molecule has 8 nitrogen and oxygen atoms in total. The summed E-state index contributed by atoms with van der Waals surface area (Å²) < 4.78 is 5.20. The van der Waals surface area contributed by atoms with Gasteiger partial charge in [-0.15, -0.1) is 0 Å². The molecule has 1 aromatic carbocycles. The normalized spacial score (nSPS) is 15.7. The van der Waals surface area contributed by atoms with Crippen LogP contribution >= 0.6 is 0 Å². The van der Waals surface area contributed by atoms with Gasteiger partial charge in [-0.05, 0) is 39.7 Å². The Kier molecular flexibility index (Phi) is 10.1. The molecule has 1 rings (SSSR count). The first-order chi connectivity index (χ1) is 13.5. The molecular formula is C21H35N3O5. The molecule has 2 unspecified atom stereocenters. The number of nitrogens with one attached hydrogen (secondary N) is 3. The summed E-state index contributed by atoms with van der Waals surface area (Å²) in [5.74, 6) is -0.320. The average molecular weight is 410 g/mol. The molecule has 0 saturated carbocycles. The molecule has 0 fully saturated rings. The Bertz CT molecular complexity index is 633. The number of hydrogen-bond acceptors (Lipinski definition) is 6. The zero-order valence-corrected chi connectivity index (χ0v) is 17.9. The van der Waals surface area contributed by atoms with Crippen molar-refractivity contribution in [1.82, 2.24) is 16.0 Å². The third kappa shape index (κ3) is 9.74. The van der Waals surface area contributed by atoms with Crippen molar-refractivity contribution >= 4 is 12.0 Å². The third-order valence-electron chi connectivity index (χ3n) is 4.19. The highest BCUT2D eigenvalue weighted by Crippen LogP contribution is 2.12. The van der Waals surface area contributed by atoms with Crippen LogP contribution in [0.25, 0.3) is 0 Å². The van der Waals surface area contributed by atoms with Crippen molar-refractivity contribution in [3.63, 3.8) is 0 Å². The Balaban J connectivity index is 2.53. The fourth-order valence-corrected chi connectivity index (χ4v) is 2.75. The van der Waals surface area contributed by atoms with Crippen molar-refractivity contribution < 1.29 is 24.5 Å². The van der Waals surface area contributed by atoms with E-state index < -0.39 is 30.1 Å². The lowest BCUT2D eigenvalue weighted by molar-refractivity contribution is -0.122. The molecule has 29 heavy (non-hydrogen) atoms. The minimum Gasteiger partial charge on any atom is -0.444 e. The number of aliphatic hydroxyl groups excluding tert-OH is 2. The Morgan fingerprint density at radius 3 is 2.28 bits per heavy atom. The molecule has 2 amide bonds. The van der Waals surface area contributed by atoms with E-state index in [1.165, 1.54) is 0 Å². The van der Waals surface area contributed by atoms with Crippen LogP contribution < -0.4 is 16.0 Å². The second kappa shape index (κ2) is 11.7. The number of hydrogen-bond donors (Lipinski definition) is 5. The van der Waals surface area contributed by atoms with Crippen molar-refractivity contribution in [2.24, 2.45) is 0 Å². The summed E-state index contributed by atoms with van der Waals surface area (Å²) in [6, 6.07) is 8.60. The highest BCUT2D eigenvalue weighted by Gasteiger charge is 2.29. The third-order valence-corrected chi connectivity index (χ3v) is 4.19. The predicted molar refractivity (Wildman–Crippen MR) is 111 cm³/mol. The van der Waals surface area contributed by atoms with Gasteiger partial charge in [-0.2, -0.15) is 0 Å². The predicted octanol–water partition coefficient (Wildman–Crippen LogP) is 1.83. The lowest BCUT2D eigenvalue weighted by Crippen LogP contribution is -2.55. The minimum atomic E-state index is -1.39. The quantitative estimate of drug-likeness (QED) is 0.376. The summed E-state index contributed by atoms with van der Waals surface area (Å²) in [5.41, 5.74) is 0.293. The molecule has 0 aliphatic heterocycles. The van der Waals surface area contributed by atoms with E-state index >= 15 is 0 Å². The van der Waals surface area contributed by atoms with E-state index in [4.69, 9.17) is 4.74 Å². The highest BCUT2D eigenvalue weighted by molar-refractivity contribution is 5.78. The summed E-state index contributed by atoms with van der Waals surface area (Å²) in [4.78, 5) is 24.1. The second-order valence-corrected chi connectivity index (χ2v) is 8.06. The van der Waals surface area contributed by atoms with Crippen LogP contribution in [0.2, 0.25) is 0 Å². The van der Waals surface area contributed by atoms with E-state index in [1.54, 1.807) is 20.8 Å². The molecule has 0 heterocycles. The standard InChI is InChI=1S/C21H35N3O5/c1-6-10-16(24-20(28)29-21(3,4)5)18(26)19(27)22-13-17(25)23-14(2)15-11-8-7-9-12-15/h7-9,11-12,14,16,18-19,22,26-27H,6,10,13H2,1-5H3,(H,23,25)(H,24,28)/t14-,16?,18?,19+/m1/s1. The first-order valence-corrected chi connectivity index (χ1v) is 9.96. The molecule has 0 aliphatic carbocycles. The first kappa shape index (κ1) is 24.9. The molecule has 0 radical (unpaired) electrons. The summed E-state index contributed by atoms with van der Waals surface area (Å²) in [6.07, 6.45) is -2.24. The minimum absolute atomic E-state index is 0.180. The molecule has 0 aliphatic rings. The first-order valence-electron chi connectivity index (χ1n) is 9.96. The number of amides is 2. The monoisotopic (exact) mass is 409 g/mol. The summed E-state index contributed by atoms with van der Waals surface area (Å²) in [7, 11) is 0. The molecule has 5 N–H and O–H groups in total. The maximum absolute atomic E-state index is 12.1. The molecule has 4 atom stereocenters. The van der Waals surface area contributed by atoms with Crippen LogP contribution in [0.5, 0.6) is 0 Å². The fourth-order valence-electron chi connectivity index (χ4n) is 2.75. The van der Waals surface area contributed by atoms with Gasteiger partial charge in [0, 0.05) is 0 Å². The number of alkyl carbamates (subject to hydrolysis) is 1. The molecule has 0 saturated heterocycles.